The van der Waals surface area contributed by atoms with E-state index in [0.717, 1.165) is 41.9 Å². The summed E-state index contributed by atoms with van der Waals surface area (Å²) < 4.78 is 5.79. The van der Waals surface area contributed by atoms with Crippen LogP contribution in [0.25, 0.3) is 0 Å². The van der Waals surface area contributed by atoms with Gasteiger partial charge in [-0.15, -0.1) is 0 Å². The summed E-state index contributed by atoms with van der Waals surface area (Å²) in [6, 6.07) is 8.22. The van der Waals surface area contributed by atoms with E-state index in [0.29, 0.717) is 0 Å². The van der Waals surface area contributed by atoms with E-state index in [9.17, 15) is 4.79 Å². The van der Waals surface area contributed by atoms with E-state index in [2.05, 4.69) is 32.9 Å². The molecule has 0 radical (unpaired) electrons. The summed E-state index contributed by atoms with van der Waals surface area (Å²) in [6.07, 6.45) is 2.76. The molecular formula is C25H44O3S. The molecule has 1 unspecified atom stereocenters. The van der Waals surface area contributed by atoms with Crippen molar-refractivity contribution in [2.24, 2.45) is 5.41 Å². The predicted octanol–water partition coefficient (Wildman–Crippen LogP) is 6.54. The first-order chi connectivity index (χ1) is 13.4. The van der Waals surface area contributed by atoms with Crippen molar-refractivity contribution >= 4 is 17.7 Å². The molecule has 0 amide bonds. The Labute approximate surface area is 184 Å². The highest BCUT2D eigenvalue weighted by Crippen LogP contribution is 2.36. The van der Waals surface area contributed by atoms with Gasteiger partial charge in [0.15, 0.2) is 0 Å². The fraction of sp³-hybridized carbons (Fsp3) is 0.720. The molecule has 0 heterocycles. The number of aryl methyl sites for hydroxylation is 1. The minimum absolute atomic E-state index is 0.145. The maximum absolute atomic E-state index is 13.1. The van der Waals surface area contributed by atoms with E-state index in [1.54, 1.807) is 11.8 Å². The minimum Gasteiger partial charge on any atom is -0.459 e. The summed E-state index contributed by atoms with van der Waals surface area (Å²) in [5.74, 6) is 1.65. The van der Waals surface area contributed by atoms with Gasteiger partial charge in [0.25, 0.3) is 0 Å². The lowest BCUT2D eigenvalue weighted by atomic mass is 9.76. The molecule has 1 aromatic carbocycles. The minimum atomic E-state index is -0.645. The Balaban J connectivity index is 0.00000379. The molecule has 0 aliphatic carbocycles. The molecule has 1 rings (SSSR count). The Kier molecular flexibility index (Phi) is 12.2. The van der Waals surface area contributed by atoms with Crippen LogP contribution in [0.2, 0.25) is 0 Å². The van der Waals surface area contributed by atoms with E-state index in [-0.39, 0.29) is 18.0 Å². The highest BCUT2D eigenvalue weighted by atomic mass is 32.2. The highest BCUT2D eigenvalue weighted by molar-refractivity contribution is 7.99. The van der Waals surface area contributed by atoms with Crippen LogP contribution in [0.1, 0.15) is 85.8 Å². The third-order valence-corrected chi connectivity index (χ3v) is 6.22. The molecule has 3 nitrogen and oxygen atoms in total. The Hall–Kier alpha value is -1.00. The number of carbonyl (C=O) groups excluding carboxylic acids is 1. The first-order valence-corrected chi connectivity index (χ1v) is 12.0. The molecule has 1 atom stereocenters. The maximum atomic E-state index is 13.1. The number of hydrogen-bond acceptors (Lipinski definition) is 4. The van der Waals surface area contributed by atoms with Crippen molar-refractivity contribution in [2.45, 2.75) is 92.6 Å². The van der Waals surface area contributed by atoms with Gasteiger partial charge in [0.05, 0.1) is 12.0 Å². The summed E-state index contributed by atoms with van der Waals surface area (Å²) >= 11 is 1.79. The topological polar surface area (TPSA) is 46.5 Å². The lowest BCUT2D eigenvalue weighted by molar-refractivity contribution is -0.162. The molecule has 0 fully saturated rings. The molecule has 0 spiro atoms. The largest absolute Gasteiger partial charge is 0.459 e. The van der Waals surface area contributed by atoms with E-state index in [4.69, 9.17) is 9.84 Å². The third-order valence-electron chi connectivity index (χ3n) is 4.76. The van der Waals surface area contributed by atoms with Gasteiger partial charge in [-0.1, -0.05) is 63.9 Å². The van der Waals surface area contributed by atoms with Crippen LogP contribution in [0.3, 0.4) is 0 Å². The van der Waals surface area contributed by atoms with Crippen LogP contribution >= 0.6 is 11.8 Å². The third kappa shape index (κ3) is 10.5. The van der Waals surface area contributed by atoms with Crippen molar-refractivity contribution in [1.82, 2.24) is 0 Å². The summed E-state index contributed by atoms with van der Waals surface area (Å²) in [5.41, 5.74) is 1.23. The Morgan fingerprint density at radius 2 is 1.69 bits per heavy atom. The van der Waals surface area contributed by atoms with Crippen LogP contribution in [0, 0.1) is 12.3 Å². The van der Waals surface area contributed by atoms with Crippen molar-refractivity contribution in [3.8, 4) is 0 Å². The quantitative estimate of drug-likeness (QED) is 0.342. The van der Waals surface area contributed by atoms with Crippen molar-refractivity contribution in [2.75, 3.05) is 18.1 Å². The molecular weight excluding hydrogens is 380 g/mol. The highest BCUT2D eigenvalue weighted by Gasteiger charge is 2.39. The number of rotatable bonds is 10. The standard InChI is InChI=1S/C23H38O3S.C2H6/c1-18-10-8-11-19(16-18)23(7,20(25)26-21(2,3)4)13-9-12-22(5,6)17-27-15-14-24;1-2/h8,10-11,16,24H,9,12-15,17H2,1-7H3;1-2H3. The molecule has 1 aromatic rings. The van der Waals surface area contributed by atoms with E-state index >= 15 is 0 Å². The Morgan fingerprint density at radius 1 is 1.07 bits per heavy atom. The van der Waals surface area contributed by atoms with Gasteiger partial charge in [0.1, 0.15) is 5.60 Å². The fourth-order valence-corrected chi connectivity index (χ4v) is 4.12. The number of aliphatic hydroxyl groups is 1. The van der Waals surface area contributed by atoms with Gasteiger partial charge >= 0.3 is 5.97 Å². The second-order valence-corrected chi connectivity index (χ2v) is 10.6. The first kappa shape index (κ1) is 28.0. The zero-order valence-corrected chi connectivity index (χ0v) is 21.0. The summed E-state index contributed by atoms with van der Waals surface area (Å²) in [7, 11) is 0. The SMILES string of the molecule is CC.Cc1cccc(C(C)(CCCC(C)(C)CSCCO)C(=O)OC(C)(C)C)c1. The fourth-order valence-electron chi connectivity index (χ4n) is 3.15. The average molecular weight is 425 g/mol. The van der Waals surface area contributed by atoms with Gasteiger partial charge in [-0.25, -0.2) is 0 Å². The monoisotopic (exact) mass is 424 g/mol. The van der Waals surface area contributed by atoms with Crippen LogP contribution in [0.15, 0.2) is 24.3 Å². The normalized spacial score (nSPS) is 13.9. The van der Waals surface area contributed by atoms with Crippen molar-refractivity contribution in [3.05, 3.63) is 35.4 Å². The van der Waals surface area contributed by atoms with E-state index < -0.39 is 11.0 Å². The zero-order chi connectivity index (χ0) is 22.7. The van der Waals surface area contributed by atoms with Gasteiger partial charge in [-0.05, 0) is 64.2 Å². The number of carbonyl (C=O) groups is 1. The van der Waals surface area contributed by atoms with Gasteiger partial charge in [-0.3, -0.25) is 4.79 Å². The lowest BCUT2D eigenvalue weighted by Crippen LogP contribution is -2.39. The number of hydrogen-bond donors (Lipinski definition) is 1. The molecule has 0 saturated carbocycles. The number of benzene rings is 1. The number of aliphatic hydroxyl groups excluding tert-OH is 1. The molecule has 4 heteroatoms. The molecule has 0 saturated heterocycles. The van der Waals surface area contributed by atoms with Crippen molar-refractivity contribution < 1.29 is 14.6 Å². The van der Waals surface area contributed by atoms with Crippen LogP contribution in [0.5, 0.6) is 0 Å². The maximum Gasteiger partial charge on any atom is 0.316 e. The molecule has 29 heavy (non-hydrogen) atoms. The molecule has 0 aliphatic heterocycles. The second kappa shape index (κ2) is 12.6. The lowest BCUT2D eigenvalue weighted by Gasteiger charge is -2.33. The van der Waals surface area contributed by atoms with Crippen LogP contribution in [-0.2, 0) is 14.9 Å². The Morgan fingerprint density at radius 3 is 2.21 bits per heavy atom. The van der Waals surface area contributed by atoms with Crippen LogP contribution < -0.4 is 0 Å². The summed E-state index contributed by atoms with van der Waals surface area (Å²) in [5, 5.41) is 8.98. The summed E-state index contributed by atoms with van der Waals surface area (Å²) in [6.45, 7) is 18.6. The van der Waals surface area contributed by atoms with Gasteiger partial charge in [0, 0.05) is 5.75 Å². The number of ether oxygens (including phenoxy) is 1. The van der Waals surface area contributed by atoms with Crippen molar-refractivity contribution in [3.63, 3.8) is 0 Å². The van der Waals surface area contributed by atoms with E-state index in [1.165, 1.54) is 0 Å². The predicted molar refractivity (Wildman–Crippen MR) is 128 cm³/mol. The number of thioether (sulfide) groups is 1. The molecule has 0 bridgehead atoms. The molecule has 0 aromatic heterocycles. The number of esters is 1. The zero-order valence-electron chi connectivity index (χ0n) is 20.2. The second-order valence-electron chi connectivity index (χ2n) is 9.50. The molecule has 0 aliphatic rings. The first-order valence-electron chi connectivity index (χ1n) is 10.9. The van der Waals surface area contributed by atoms with Gasteiger partial charge in [-0.2, -0.15) is 11.8 Å². The average Bonchev–Trinajstić information content (AvgIpc) is 2.61. The van der Waals surface area contributed by atoms with Crippen LogP contribution in [-0.4, -0.2) is 34.8 Å². The molecule has 1 N–H and O–H groups in total. The molecule has 168 valence electrons. The smallest absolute Gasteiger partial charge is 0.316 e. The van der Waals surface area contributed by atoms with Crippen LogP contribution in [0.4, 0.5) is 0 Å². The van der Waals surface area contributed by atoms with Gasteiger partial charge < -0.3 is 9.84 Å². The van der Waals surface area contributed by atoms with Crippen molar-refractivity contribution in [1.29, 1.82) is 0 Å². The Bertz CT molecular complexity index is 604. The van der Waals surface area contributed by atoms with E-state index in [1.807, 2.05) is 53.7 Å². The summed E-state index contributed by atoms with van der Waals surface area (Å²) in [4.78, 5) is 13.1. The van der Waals surface area contributed by atoms with Gasteiger partial charge in [0.2, 0.25) is 0 Å².